The first kappa shape index (κ1) is 28.9. The molecular weight excluding hydrogens is 533 g/mol. The van der Waals surface area contributed by atoms with Crippen LogP contribution in [0, 0.1) is 5.82 Å². The van der Waals surface area contributed by atoms with E-state index in [4.69, 9.17) is 23.8 Å². The minimum atomic E-state index is -5.01. The second-order valence-electron chi connectivity index (χ2n) is 8.42. The molecule has 3 aromatic rings. The van der Waals surface area contributed by atoms with Crippen LogP contribution in [0.1, 0.15) is 27.8 Å². The van der Waals surface area contributed by atoms with Crippen molar-refractivity contribution in [2.24, 2.45) is 11.6 Å². The van der Waals surface area contributed by atoms with Gasteiger partial charge in [0.1, 0.15) is 10.8 Å². The van der Waals surface area contributed by atoms with Crippen LogP contribution >= 0.6 is 12.2 Å². The second kappa shape index (κ2) is 11.4. The zero-order chi connectivity index (χ0) is 28.3. The minimum absolute atomic E-state index is 0.0411. The fraction of sp³-hybridized carbons (Fsp3) is 0.192. The van der Waals surface area contributed by atoms with Crippen LogP contribution in [0.15, 0.2) is 78.5 Å². The molecule has 0 aliphatic rings. The maximum atomic E-state index is 14.1. The number of hydrazine groups is 1. The van der Waals surface area contributed by atoms with Crippen LogP contribution in [-0.4, -0.2) is 21.9 Å². The largest absolute Gasteiger partial charge is 0.416 e. The zero-order valence-corrected chi connectivity index (χ0v) is 20.8. The van der Waals surface area contributed by atoms with Gasteiger partial charge in [0.05, 0.1) is 29.1 Å². The molecule has 4 nitrogen and oxygen atoms in total. The Bertz CT molecular complexity index is 1290. The predicted molar refractivity (Wildman–Crippen MR) is 134 cm³/mol. The van der Waals surface area contributed by atoms with Crippen molar-refractivity contribution < 1.29 is 30.7 Å². The molecule has 0 fully saturated rings. The standard InChI is InChI=1S/C26H23F7N4S/c1-36(15-18-9-5-6-10-21(18)27)24(38)22(34)23(17-7-3-2-4-8-17)37(35)14-16-11-19(25(28,29)30)13-20(12-16)26(31,32)33/h2-13H,14-15,34-35H2,1H3/b23-22-. The van der Waals surface area contributed by atoms with Crippen molar-refractivity contribution in [1.82, 2.24) is 9.91 Å². The van der Waals surface area contributed by atoms with Gasteiger partial charge in [-0.25, -0.2) is 10.2 Å². The molecule has 12 heteroatoms. The summed E-state index contributed by atoms with van der Waals surface area (Å²) in [6.45, 7) is -0.515. The monoisotopic (exact) mass is 556 g/mol. The smallest absolute Gasteiger partial charge is 0.395 e. The highest BCUT2D eigenvalue weighted by atomic mass is 32.1. The maximum absolute atomic E-state index is 14.1. The molecule has 202 valence electrons. The number of hydrogen-bond donors (Lipinski definition) is 2. The molecule has 0 spiro atoms. The number of hydrogen-bond acceptors (Lipinski definition) is 4. The Labute approximate surface area is 219 Å². The lowest BCUT2D eigenvalue weighted by Crippen LogP contribution is -2.36. The summed E-state index contributed by atoms with van der Waals surface area (Å²) >= 11 is 5.48. The molecule has 0 heterocycles. The van der Waals surface area contributed by atoms with Gasteiger partial charge in [-0.2, -0.15) is 26.3 Å². The topological polar surface area (TPSA) is 58.5 Å². The lowest BCUT2D eigenvalue weighted by molar-refractivity contribution is -0.143. The Morgan fingerprint density at radius 2 is 1.34 bits per heavy atom. The van der Waals surface area contributed by atoms with E-state index in [9.17, 15) is 30.7 Å². The van der Waals surface area contributed by atoms with E-state index in [-0.39, 0.29) is 34.6 Å². The molecule has 0 saturated heterocycles. The minimum Gasteiger partial charge on any atom is -0.395 e. The van der Waals surface area contributed by atoms with Gasteiger partial charge in [-0.05, 0) is 29.8 Å². The van der Waals surface area contributed by atoms with Crippen molar-refractivity contribution in [3.05, 3.63) is 112 Å². The SMILES string of the molecule is CN(Cc1ccccc1F)C(=S)/C(N)=C(\c1ccccc1)N(N)Cc1cc(C(F)(F)F)cc(C(F)(F)F)c1. The molecule has 0 aliphatic heterocycles. The van der Waals surface area contributed by atoms with E-state index in [1.807, 2.05) is 0 Å². The highest BCUT2D eigenvalue weighted by molar-refractivity contribution is 7.80. The fourth-order valence-electron chi connectivity index (χ4n) is 3.72. The van der Waals surface area contributed by atoms with E-state index in [1.165, 1.54) is 17.0 Å². The third kappa shape index (κ3) is 7.01. The van der Waals surface area contributed by atoms with Crippen LogP contribution in [0.5, 0.6) is 0 Å². The summed E-state index contributed by atoms with van der Waals surface area (Å²) in [4.78, 5) is 1.52. The first-order chi connectivity index (χ1) is 17.7. The summed E-state index contributed by atoms with van der Waals surface area (Å²) < 4.78 is 94.2. The zero-order valence-electron chi connectivity index (χ0n) is 19.9. The number of rotatable bonds is 7. The molecule has 0 bridgehead atoms. The van der Waals surface area contributed by atoms with Crippen molar-refractivity contribution in [3.8, 4) is 0 Å². The molecule has 3 aromatic carbocycles. The van der Waals surface area contributed by atoms with Crippen molar-refractivity contribution in [1.29, 1.82) is 0 Å². The summed E-state index contributed by atoms with van der Waals surface area (Å²) in [6, 6.07) is 15.5. The first-order valence-electron chi connectivity index (χ1n) is 11.0. The van der Waals surface area contributed by atoms with Crippen molar-refractivity contribution in [2.45, 2.75) is 25.4 Å². The lowest BCUT2D eigenvalue weighted by atomic mass is 10.0. The Balaban J connectivity index is 2.02. The van der Waals surface area contributed by atoms with E-state index >= 15 is 0 Å². The highest BCUT2D eigenvalue weighted by Gasteiger charge is 2.37. The Morgan fingerprint density at radius 1 is 0.816 bits per heavy atom. The van der Waals surface area contributed by atoms with E-state index in [0.29, 0.717) is 23.3 Å². The quantitative estimate of drug-likeness (QED) is 0.117. The molecule has 0 saturated carbocycles. The maximum Gasteiger partial charge on any atom is 0.416 e. The number of alkyl halides is 6. The van der Waals surface area contributed by atoms with Crippen LogP contribution in [-0.2, 0) is 25.4 Å². The first-order valence-corrected chi connectivity index (χ1v) is 11.4. The van der Waals surface area contributed by atoms with Crippen LogP contribution in [0.4, 0.5) is 30.7 Å². The fourth-order valence-corrected chi connectivity index (χ4v) is 3.88. The number of likely N-dealkylation sites (N-methyl/N-ethyl adjacent to an activating group) is 1. The molecule has 0 aromatic heterocycles. The van der Waals surface area contributed by atoms with Gasteiger partial charge in [0.15, 0.2) is 0 Å². The van der Waals surface area contributed by atoms with Gasteiger partial charge in [0.2, 0.25) is 0 Å². The molecular formula is C26H23F7N4S. The van der Waals surface area contributed by atoms with Gasteiger partial charge >= 0.3 is 12.4 Å². The van der Waals surface area contributed by atoms with Gasteiger partial charge in [-0.15, -0.1) is 0 Å². The summed E-state index contributed by atoms with van der Waals surface area (Å²) in [5.41, 5.74) is 3.83. The molecule has 0 amide bonds. The van der Waals surface area contributed by atoms with E-state index < -0.39 is 35.8 Å². The summed E-state index contributed by atoms with van der Waals surface area (Å²) in [5, 5.41) is 0.934. The van der Waals surface area contributed by atoms with E-state index in [2.05, 4.69) is 0 Å². The number of nitrogens with two attached hydrogens (primary N) is 2. The molecule has 0 aliphatic carbocycles. The summed E-state index contributed by atoms with van der Waals surface area (Å²) in [6.07, 6.45) is -10.0. The number of halogens is 7. The predicted octanol–water partition coefficient (Wildman–Crippen LogP) is 6.33. The third-order valence-corrected chi connectivity index (χ3v) is 6.06. The van der Waals surface area contributed by atoms with Crippen LogP contribution in [0.2, 0.25) is 0 Å². The number of thiocarbonyl (C=S) groups is 1. The summed E-state index contributed by atoms with van der Waals surface area (Å²) in [5.74, 6) is 5.75. The molecule has 4 N–H and O–H groups in total. The van der Waals surface area contributed by atoms with Crippen LogP contribution < -0.4 is 11.6 Å². The van der Waals surface area contributed by atoms with Crippen molar-refractivity contribution >= 4 is 22.9 Å². The molecule has 3 rings (SSSR count). The summed E-state index contributed by atoms with van der Waals surface area (Å²) in [7, 11) is 1.56. The second-order valence-corrected chi connectivity index (χ2v) is 8.81. The Morgan fingerprint density at radius 3 is 1.87 bits per heavy atom. The van der Waals surface area contributed by atoms with Crippen molar-refractivity contribution in [3.63, 3.8) is 0 Å². The molecule has 38 heavy (non-hydrogen) atoms. The van der Waals surface area contributed by atoms with Crippen LogP contribution in [0.25, 0.3) is 5.70 Å². The molecule has 0 unspecified atom stereocenters. The van der Waals surface area contributed by atoms with Crippen molar-refractivity contribution in [2.75, 3.05) is 7.05 Å². The van der Waals surface area contributed by atoms with Gasteiger partial charge < -0.3 is 15.6 Å². The van der Waals surface area contributed by atoms with Gasteiger partial charge in [0.25, 0.3) is 0 Å². The Hall–Kier alpha value is -3.64. The molecule has 0 atom stereocenters. The van der Waals surface area contributed by atoms with E-state index in [1.54, 1.807) is 49.5 Å². The highest BCUT2D eigenvalue weighted by Crippen LogP contribution is 2.37. The average molecular weight is 557 g/mol. The van der Waals surface area contributed by atoms with Gasteiger partial charge in [-0.3, -0.25) is 0 Å². The van der Waals surface area contributed by atoms with E-state index in [0.717, 1.165) is 5.01 Å². The number of nitrogens with zero attached hydrogens (tertiary/aromatic N) is 2. The Kier molecular flexibility index (Phi) is 8.68. The lowest BCUT2D eigenvalue weighted by Gasteiger charge is -2.28. The van der Waals surface area contributed by atoms with Gasteiger partial charge in [-0.1, -0.05) is 60.7 Å². The number of benzene rings is 3. The van der Waals surface area contributed by atoms with Crippen LogP contribution in [0.3, 0.4) is 0 Å². The average Bonchev–Trinajstić information content (AvgIpc) is 2.84. The normalized spacial score (nSPS) is 12.7. The third-order valence-electron chi connectivity index (χ3n) is 5.53. The molecule has 0 radical (unpaired) electrons. The van der Waals surface area contributed by atoms with Gasteiger partial charge in [0, 0.05) is 24.7 Å².